The van der Waals surface area contributed by atoms with Crippen LogP contribution in [0.3, 0.4) is 0 Å². The fraction of sp³-hybridized carbons (Fsp3) is 0.333. The van der Waals surface area contributed by atoms with Gasteiger partial charge in [0.2, 0.25) is 6.29 Å². The third-order valence-electron chi connectivity index (χ3n) is 4.51. The van der Waals surface area contributed by atoms with Gasteiger partial charge in [-0.1, -0.05) is 31.7 Å². The van der Waals surface area contributed by atoms with Gasteiger partial charge in [-0.15, -0.1) is 0 Å². The minimum absolute atomic E-state index is 0. The number of phenols is 3. The molecule has 5 atom stereocenters. The minimum atomic E-state index is -1.66. The van der Waals surface area contributed by atoms with Crippen molar-refractivity contribution in [3.05, 3.63) is 47.5 Å². The maximum Gasteiger partial charge on any atom is 0.229 e. The molecular formula is C21H26O9. The number of ether oxygens (including phenoxy) is 2. The molecule has 9 heteroatoms. The molecule has 3 rings (SSSR count). The third-order valence-corrected chi connectivity index (χ3v) is 4.51. The summed E-state index contributed by atoms with van der Waals surface area (Å²) in [6.45, 7) is -0.625. The summed E-state index contributed by atoms with van der Waals surface area (Å²) in [5.41, 5.74) is 0.942. The molecular weight excluding hydrogens is 396 g/mol. The predicted molar refractivity (Wildman–Crippen MR) is 108 cm³/mol. The molecule has 7 N–H and O–H groups in total. The molecule has 0 amide bonds. The van der Waals surface area contributed by atoms with Crippen molar-refractivity contribution in [1.29, 1.82) is 0 Å². The number of hydrogen-bond acceptors (Lipinski definition) is 9. The fourth-order valence-corrected chi connectivity index (χ4v) is 2.92. The van der Waals surface area contributed by atoms with Crippen molar-refractivity contribution >= 4 is 12.2 Å². The summed E-state index contributed by atoms with van der Waals surface area (Å²) in [7, 11) is 0. The van der Waals surface area contributed by atoms with E-state index < -0.39 is 43.1 Å². The van der Waals surface area contributed by atoms with Gasteiger partial charge in [0.05, 0.1) is 6.61 Å². The Balaban J connectivity index is 0.00000320. The van der Waals surface area contributed by atoms with Crippen LogP contribution in [0.5, 0.6) is 23.0 Å². The Morgan fingerprint density at radius 2 is 1.53 bits per heavy atom. The molecule has 1 aliphatic rings. The van der Waals surface area contributed by atoms with Crippen LogP contribution in [0.25, 0.3) is 12.2 Å². The van der Waals surface area contributed by atoms with Crippen LogP contribution in [0.15, 0.2) is 36.4 Å². The Morgan fingerprint density at radius 3 is 2.17 bits per heavy atom. The predicted octanol–water partition coefficient (Wildman–Crippen LogP) is 0.789. The maximum absolute atomic E-state index is 10.2. The standard InChI is InChI=1S/C20H22O9.CH4/c21-9-15-16(25)17(26)18(27)20(28-15)29-19-11(7-13(23)8-14(19)24)4-1-10-2-5-12(22)6-3-10;/h1-8,15-18,20-27H,9H2;1H4/b4-1+;/t15-,16-,17+,18-,20+;/m1./s1. The zero-order valence-electron chi connectivity index (χ0n) is 15.2. The number of hydrogen-bond donors (Lipinski definition) is 7. The molecule has 0 saturated carbocycles. The molecule has 1 fully saturated rings. The van der Waals surface area contributed by atoms with Gasteiger partial charge >= 0.3 is 0 Å². The van der Waals surface area contributed by atoms with Gasteiger partial charge in [0.1, 0.15) is 35.9 Å². The van der Waals surface area contributed by atoms with Crippen molar-refractivity contribution in [3.8, 4) is 23.0 Å². The van der Waals surface area contributed by atoms with E-state index in [1.165, 1.54) is 24.3 Å². The van der Waals surface area contributed by atoms with E-state index in [-0.39, 0.29) is 30.2 Å². The lowest BCUT2D eigenvalue weighted by atomic mass is 9.99. The van der Waals surface area contributed by atoms with Gasteiger partial charge in [0.25, 0.3) is 0 Å². The summed E-state index contributed by atoms with van der Waals surface area (Å²) in [4.78, 5) is 0. The van der Waals surface area contributed by atoms with E-state index in [0.717, 1.165) is 6.07 Å². The second kappa shape index (κ2) is 9.79. The quantitative estimate of drug-likeness (QED) is 0.346. The van der Waals surface area contributed by atoms with Gasteiger partial charge in [-0.2, -0.15) is 0 Å². The van der Waals surface area contributed by atoms with E-state index in [0.29, 0.717) is 5.56 Å². The highest BCUT2D eigenvalue weighted by Gasteiger charge is 2.45. The number of aliphatic hydroxyl groups is 4. The average molecular weight is 422 g/mol. The van der Waals surface area contributed by atoms with E-state index in [4.69, 9.17) is 9.47 Å². The first-order valence-electron chi connectivity index (χ1n) is 8.80. The Bertz CT molecular complexity index is 864. The van der Waals surface area contributed by atoms with Crippen molar-refractivity contribution in [2.24, 2.45) is 0 Å². The largest absolute Gasteiger partial charge is 0.508 e. The topological polar surface area (TPSA) is 160 Å². The number of phenolic OH excluding ortho intramolecular Hbond substituents is 3. The SMILES string of the molecule is C.OC[C@H]1O[C@@H](Oc2c(O)cc(O)cc2/C=C/c2ccc(O)cc2)[C@H](O)[C@@H](O)[C@@H]1O. The van der Waals surface area contributed by atoms with Crippen LogP contribution in [0, 0.1) is 0 Å². The third kappa shape index (κ3) is 5.02. The summed E-state index contributed by atoms with van der Waals surface area (Å²) >= 11 is 0. The van der Waals surface area contributed by atoms with Crippen LogP contribution in [-0.4, -0.2) is 73.1 Å². The summed E-state index contributed by atoms with van der Waals surface area (Å²) < 4.78 is 10.8. The molecule has 164 valence electrons. The smallest absolute Gasteiger partial charge is 0.229 e. The minimum Gasteiger partial charge on any atom is -0.508 e. The van der Waals surface area contributed by atoms with Crippen LogP contribution in [0.4, 0.5) is 0 Å². The number of aromatic hydroxyl groups is 3. The van der Waals surface area contributed by atoms with Crippen molar-refractivity contribution in [3.63, 3.8) is 0 Å². The molecule has 1 saturated heterocycles. The fourth-order valence-electron chi connectivity index (χ4n) is 2.92. The molecule has 30 heavy (non-hydrogen) atoms. The first-order valence-corrected chi connectivity index (χ1v) is 8.80. The molecule has 0 aliphatic carbocycles. The van der Waals surface area contributed by atoms with Crippen LogP contribution >= 0.6 is 0 Å². The van der Waals surface area contributed by atoms with E-state index in [1.807, 2.05) is 0 Å². The van der Waals surface area contributed by atoms with Crippen molar-refractivity contribution in [1.82, 2.24) is 0 Å². The van der Waals surface area contributed by atoms with Crippen LogP contribution in [0.2, 0.25) is 0 Å². The monoisotopic (exact) mass is 422 g/mol. The van der Waals surface area contributed by atoms with E-state index in [1.54, 1.807) is 18.2 Å². The average Bonchev–Trinajstić information content (AvgIpc) is 2.69. The molecule has 0 spiro atoms. The van der Waals surface area contributed by atoms with Gasteiger partial charge < -0.3 is 45.2 Å². The summed E-state index contributed by atoms with van der Waals surface area (Å²) in [6, 6.07) is 8.60. The molecule has 0 unspecified atom stereocenters. The normalized spacial score (nSPS) is 26.3. The Morgan fingerprint density at radius 1 is 0.867 bits per heavy atom. The highest BCUT2D eigenvalue weighted by Crippen LogP contribution is 2.38. The highest BCUT2D eigenvalue weighted by molar-refractivity contribution is 5.75. The van der Waals surface area contributed by atoms with E-state index >= 15 is 0 Å². The first-order chi connectivity index (χ1) is 13.8. The van der Waals surface area contributed by atoms with Gasteiger partial charge in [-0.3, -0.25) is 0 Å². The van der Waals surface area contributed by atoms with Gasteiger partial charge in [-0.25, -0.2) is 0 Å². The maximum atomic E-state index is 10.2. The summed E-state index contributed by atoms with van der Waals surface area (Å²) in [6.07, 6.45) is -4.36. The van der Waals surface area contributed by atoms with Crippen LogP contribution in [0.1, 0.15) is 18.6 Å². The Kier molecular flexibility index (Phi) is 7.65. The van der Waals surface area contributed by atoms with Crippen molar-refractivity contribution < 1.29 is 45.2 Å². The van der Waals surface area contributed by atoms with Crippen LogP contribution < -0.4 is 4.74 Å². The second-order valence-corrected chi connectivity index (χ2v) is 6.62. The molecule has 0 radical (unpaired) electrons. The zero-order valence-corrected chi connectivity index (χ0v) is 15.2. The lowest BCUT2D eigenvalue weighted by Crippen LogP contribution is -2.60. The molecule has 2 aromatic rings. The lowest BCUT2D eigenvalue weighted by molar-refractivity contribution is -0.277. The van der Waals surface area contributed by atoms with Gasteiger partial charge in [-0.05, 0) is 23.8 Å². The van der Waals surface area contributed by atoms with Gasteiger partial charge in [0.15, 0.2) is 11.5 Å². The number of rotatable bonds is 5. The summed E-state index contributed by atoms with van der Waals surface area (Å²) in [5, 5.41) is 68.5. The lowest BCUT2D eigenvalue weighted by Gasteiger charge is -2.39. The van der Waals surface area contributed by atoms with Crippen molar-refractivity contribution in [2.45, 2.75) is 38.1 Å². The molecule has 1 heterocycles. The molecule has 9 nitrogen and oxygen atoms in total. The van der Waals surface area contributed by atoms with E-state index in [9.17, 15) is 35.7 Å². The molecule has 0 bridgehead atoms. The Hall–Kier alpha value is -2.82. The Labute approximate surface area is 173 Å². The molecule has 1 aliphatic heterocycles. The zero-order chi connectivity index (χ0) is 21.1. The molecule has 0 aromatic heterocycles. The molecule has 2 aromatic carbocycles. The summed E-state index contributed by atoms with van der Waals surface area (Å²) in [5.74, 6) is -0.743. The highest BCUT2D eigenvalue weighted by atomic mass is 16.7. The number of aliphatic hydroxyl groups excluding tert-OH is 4. The van der Waals surface area contributed by atoms with E-state index in [2.05, 4.69) is 0 Å². The van der Waals surface area contributed by atoms with Crippen LogP contribution in [-0.2, 0) is 4.74 Å². The second-order valence-electron chi connectivity index (χ2n) is 6.62. The first kappa shape index (κ1) is 23.5. The van der Waals surface area contributed by atoms with Gasteiger partial charge in [0, 0.05) is 11.6 Å². The number of benzene rings is 2. The van der Waals surface area contributed by atoms with Crippen molar-refractivity contribution in [2.75, 3.05) is 6.61 Å².